The average Bonchev–Trinajstić information content (AvgIpc) is 2.77. The summed E-state index contributed by atoms with van der Waals surface area (Å²) in [6, 6.07) is 2.33. The Labute approximate surface area is 169 Å². The quantitative estimate of drug-likeness (QED) is 0.708. The molecule has 10 heteroatoms. The highest BCUT2D eigenvalue weighted by molar-refractivity contribution is 5.32. The molecule has 3 heterocycles. The molecule has 2 aromatic heterocycles. The van der Waals surface area contributed by atoms with Gasteiger partial charge in [-0.15, -0.1) is 0 Å². The van der Waals surface area contributed by atoms with Crippen molar-refractivity contribution in [1.29, 1.82) is 0 Å². The van der Waals surface area contributed by atoms with Crippen LogP contribution in [0.5, 0.6) is 11.8 Å². The van der Waals surface area contributed by atoms with Crippen LogP contribution in [0.1, 0.15) is 25.7 Å². The molecular formula is C19H27N7O3. The Morgan fingerprint density at radius 1 is 1.03 bits per heavy atom. The van der Waals surface area contributed by atoms with Gasteiger partial charge in [0.15, 0.2) is 0 Å². The van der Waals surface area contributed by atoms with E-state index in [0.717, 1.165) is 57.8 Å². The fourth-order valence-electron chi connectivity index (χ4n) is 4.02. The van der Waals surface area contributed by atoms with Gasteiger partial charge in [-0.2, -0.15) is 15.1 Å². The predicted octanol–water partition coefficient (Wildman–Crippen LogP) is 0.486. The molecule has 1 aliphatic heterocycles. The molecule has 0 bridgehead atoms. The largest absolute Gasteiger partial charge is 0.481 e. The van der Waals surface area contributed by atoms with Crippen LogP contribution < -0.4 is 20.1 Å². The minimum Gasteiger partial charge on any atom is -0.481 e. The van der Waals surface area contributed by atoms with Gasteiger partial charge in [-0.05, 0) is 25.7 Å². The van der Waals surface area contributed by atoms with E-state index in [4.69, 9.17) is 9.47 Å². The molecule has 2 aromatic rings. The summed E-state index contributed by atoms with van der Waals surface area (Å²) in [6.45, 7) is 3.81. The molecule has 1 saturated heterocycles. The van der Waals surface area contributed by atoms with Crippen LogP contribution in [0.3, 0.4) is 0 Å². The molecule has 0 radical (unpaired) electrons. The zero-order chi connectivity index (χ0) is 20.2. The second kappa shape index (κ2) is 8.73. The highest BCUT2D eigenvalue weighted by atomic mass is 16.5. The highest BCUT2D eigenvalue weighted by Crippen LogP contribution is 2.27. The average molecular weight is 401 g/mol. The van der Waals surface area contributed by atoms with E-state index >= 15 is 0 Å². The van der Waals surface area contributed by atoms with Gasteiger partial charge >= 0.3 is 5.69 Å². The number of anilines is 1. The number of hydrogen-bond donors (Lipinski definition) is 0. The summed E-state index contributed by atoms with van der Waals surface area (Å²) in [5, 5.41) is 3.96. The number of ether oxygens (including phenoxy) is 2. The van der Waals surface area contributed by atoms with Crippen molar-refractivity contribution < 1.29 is 9.47 Å². The van der Waals surface area contributed by atoms with Crippen LogP contribution in [-0.2, 0) is 7.05 Å². The van der Waals surface area contributed by atoms with Gasteiger partial charge in [0.1, 0.15) is 12.3 Å². The number of aromatic nitrogens is 5. The first kappa shape index (κ1) is 19.6. The molecule has 4 rings (SSSR count). The first-order valence-corrected chi connectivity index (χ1v) is 10.1. The highest BCUT2D eigenvalue weighted by Gasteiger charge is 2.30. The molecule has 0 atom stereocenters. The van der Waals surface area contributed by atoms with Crippen molar-refractivity contribution in [3.05, 3.63) is 28.9 Å². The fraction of sp³-hybridized carbons (Fsp3) is 0.632. The Kier molecular flexibility index (Phi) is 5.89. The van der Waals surface area contributed by atoms with Gasteiger partial charge in [0.25, 0.3) is 0 Å². The van der Waals surface area contributed by atoms with Crippen molar-refractivity contribution in [2.45, 2.75) is 37.8 Å². The van der Waals surface area contributed by atoms with Crippen molar-refractivity contribution in [2.75, 3.05) is 38.2 Å². The number of hydrogen-bond acceptors (Lipinski definition) is 9. The maximum atomic E-state index is 11.6. The lowest BCUT2D eigenvalue weighted by molar-refractivity contribution is 0.0811. The van der Waals surface area contributed by atoms with Gasteiger partial charge in [0.05, 0.1) is 7.11 Å². The van der Waals surface area contributed by atoms with Gasteiger partial charge in [0, 0.05) is 51.5 Å². The van der Waals surface area contributed by atoms with Gasteiger partial charge in [-0.3, -0.25) is 4.90 Å². The van der Waals surface area contributed by atoms with Crippen molar-refractivity contribution in [3.8, 4) is 11.8 Å². The van der Waals surface area contributed by atoms with Crippen LogP contribution in [0.25, 0.3) is 0 Å². The Morgan fingerprint density at radius 3 is 2.48 bits per heavy atom. The maximum Gasteiger partial charge on any atom is 0.367 e. The van der Waals surface area contributed by atoms with Gasteiger partial charge in [-0.25, -0.2) is 14.5 Å². The molecule has 1 saturated carbocycles. The van der Waals surface area contributed by atoms with Gasteiger partial charge in [-0.1, -0.05) is 0 Å². The normalized spacial score (nSPS) is 23.0. The zero-order valence-electron chi connectivity index (χ0n) is 16.9. The van der Waals surface area contributed by atoms with Crippen LogP contribution in [0.15, 0.2) is 23.3 Å². The Balaban J connectivity index is 1.25. The molecule has 0 spiro atoms. The number of nitrogens with zero attached hydrogens (tertiary/aromatic N) is 7. The standard InChI is InChI=1S/C19H27N7O3/c1-24-19(27)23-17(13-21-24)29-15-5-3-14(4-6-15)25-9-11-26(12-10-25)18-20-8-7-16(22-18)28-2/h7-8,13-15H,3-6,9-12H2,1-2H3/t14-,15-. The van der Waals surface area contributed by atoms with E-state index in [2.05, 4.69) is 29.9 Å². The summed E-state index contributed by atoms with van der Waals surface area (Å²) in [7, 11) is 3.19. The molecule has 156 valence electrons. The summed E-state index contributed by atoms with van der Waals surface area (Å²) in [5.41, 5.74) is -0.394. The fourth-order valence-corrected chi connectivity index (χ4v) is 4.02. The summed E-state index contributed by atoms with van der Waals surface area (Å²) >= 11 is 0. The first-order chi connectivity index (χ1) is 14.1. The molecule has 0 unspecified atom stereocenters. The van der Waals surface area contributed by atoms with Gasteiger partial charge in [0.2, 0.25) is 17.7 Å². The van der Waals surface area contributed by atoms with Crippen LogP contribution in [0, 0.1) is 0 Å². The molecular weight excluding hydrogens is 374 g/mol. The smallest absolute Gasteiger partial charge is 0.367 e. The SMILES string of the molecule is COc1ccnc(N2CCN([C@H]3CC[C@H](Oc4cnn(C)c(=O)n4)CC3)CC2)n1. The van der Waals surface area contributed by atoms with Crippen LogP contribution in [-0.4, -0.2) is 75.1 Å². The summed E-state index contributed by atoms with van der Waals surface area (Å²) in [6.07, 6.45) is 7.42. The minimum atomic E-state index is -0.394. The Hall–Kier alpha value is -2.75. The third-order valence-electron chi connectivity index (χ3n) is 5.70. The molecule has 29 heavy (non-hydrogen) atoms. The number of aryl methyl sites for hydroxylation is 1. The van der Waals surface area contributed by atoms with Crippen molar-refractivity contribution in [2.24, 2.45) is 7.05 Å². The number of methoxy groups -OCH3 is 1. The summed E-state index contributed by atoms with van der Waals surface area (Å²) in [4.78, 5) is 29.1. The summed E-state index contributed by atoms with van der Waals surface area (Å²) in [5.74, 6) is 1.65. The van der Waals surface area contributed by atoms with E-state index in [-0.39, 0.29) is 6.10 Å². The Bertz CT molecular complexity index is 874. The van der Waals surface area contributed by atoms with E-state index in [1.165, 1.54) is 10.9 Å². The lowest BCUT2D eigenvalue weighted by Gasteiger charge is -2.41. The molecule has 10 nitrogen and oxygen atoms in total. The third kappa shape index (κ3) is 4.64. The molecule has 1 aliphatic carbocycles. The van der Waals surface area contributed by atoms with E-state index in [9.17, 15) is 4.79 Å². The maximum absolute atomic E-state index is 11.6. The van der Waals surface area contributed by atoms with Crippen molar-refractivity contribution in [1.82, 2.24) is 29.6 Å². The van der Waals surface area contributed by atoms with Crippen molar-refractivity contribution >= 4 is 5.95 Å². The van der Waals surface area contributed by atoms with E-state index in [0.29, 0.717) is 17.8 Å². The van der Waals surface area contributed by atoms with Gasteiger partial charge < -0.3 is 14.4 Å². The molecule has 0 aromatic carbocycles. The number of rotatable bonds is 5. The molecule has 0 N–H and O–H groups in total. The van der Waals surface area contributed by atoms with Crippen LogP contribution >= 0.6 is 0 Å². The first-order valence-electron chi connectivity index (χ1n) is 10.1. The molecule has 2 fully saturated rings. The van der Waals surface area contributed by atoms with E-state index < -0.39 is 5.69 Å². The zero-order valence-corrected chi connectivity index (χ0v) is 16.9. The second-order valence-electron chi connectivity index (χ2n) is 7.47. The van der Waals surface area contributed by atoms with E-state index in [1.54, 1.807) is 26.4 Å². The lowest BCUT2D eigenvalue weighted by atomic mass is 9.91. The van der Waals surface area contributed by atoms with E-state index in [1.807, 2.05) is 0 Å². The molecule has 0 amide bonds. The van der Waals surface area contributed by atoms with Crippen LogP contribution in [0.4, 0.5) is 5.95 Å². The van der Waals surface area contributed by atoms with Crippen LogP contribution in [0.2, 0.25) is 0 Å². The monoisotopic (exact) mass is 401 g/mol. The summed E-state index contributed by atoms with van der Waals surface area (Å²) < 4.78 is 12.3. The van der Waals surface area contributed by atoms with Crippen molar-refractivity contribution in [3.63, 3.8) is 0 Å². The minimum absolute atomic E-state index is 0.0964. The third-order valence-corrected chi connectivity index (χ3v) is 5.70. The molecule has 2 aliphatic rings. The predicted molar refractivity (Wildman–Crippen MR) is 106 cm³/mol. The Morgan fingerprint density at radius 2 is 1.79 bits per heavy atom. The topological polar surface area (TPSA) is 98.5 Å². The number of piperazine rings is 1. The lowest BCUT2D eigenvalue weighted by Crippen LogP contribution is -2.52. The second-order valence-corrected chi connectivity index (χ2v) is 7.47.